The molecule has 168 valence electrons. The molecular weight excluding hydrogens is 418 g/mol. The lowest BCUT2D eigenvalue weighted by molar-refractivity contribution is -0.207. The minimum atomic E-state index is -3.49. The molecule has 10 heteroatoms. The second kappa shape index (κ2) is 9.39. The summed E-state index contributed by atoms with van der Waals surface area (Å²) in [5.41, 5.74) is -0.484. The Morgan fingerprint density at radius 2 is 1.93 bits per heavy atom. The molecule has 1 saturated carbocycles. The van der Waals surface area contributed by atoms with Crippen LogP contribution in [0.2, 0.25) is 13.1 Å². The van der Waals surface area contributed by atoms with E-state index in [2.05, 4.69) is 0 Å². The summed E-state index contributed by atoms with van der Waals surface area (Å²) in [4.78, 5) is 11.8. The number of alkyl halides is 2. The third-order valence-electron chi connectivity index (χ3n) is 6.25. The van der Waals surface area contributed by atoms with Crippen LogP contribution in [0.4, 0.5) is 8.78 Å². The number of esters is 1. The maximum Gasteiger partial charge on any atom is 0.377 e. The van der Waals surface area contributed by atoms with Gasteiger partial charge in [0.1, 0.15) is 12.4 Å². The molecule has 0 bridgehead atoms. The van der Waals surface area contributed by atoms with Gasteiger partial charge in [-0.3, -0.25) is 0 Å². The van der Waals surface area contributed by atoms with Crippen molar-refractivity contribution in [2.45, 2.75) is 89.8 Å². The van der Waals surface area contributed by atoms with Gasteiger partial charge in [-0.2, -0.15) is 8.78 Å². The predicted molar refractivity (Wildman–Crippen MR) is 108 cm³/mol. The first-order valence-corrected chi connectivity index (χ1v) is 14.8. The van der Waals surface area contributed by atoms with Gasteiger partial charge in [-0.25, -0.2) is 4.79 Å². The molecule has 2 aliphatic heterocycles. The Balaban J connectivity index is 1.81. The molecule has 2 heterocycles. The Labute approximate surface area is 176 Å². The van der Waals surface area contributed by atoms with E-state index >= 15 is 0 Å². The van der Waals surface area contributed by atoms with Crippen LogP contribution >= 0.6 is 0 Å². The van der Waals surface area contributed by atoms with Crippen molar-refractivity contribution in [2.75, 3.05) is 6.61 Å². The molecule has 1 aliphatic carbocycles. The molecule has 0 radical (unpaired) electrons. The van der Waals surface area contributed by atoms with E-state index < -0.39 is 67.2 Å². The summed E-state index contributed by atoms with van der Waals surface area (Å²) in [5, 5.41) is 0. The van der Waals surface area contributed by atoms with Crippen molar-refractivity contribution in [1.82, 2.24) is 0 Å². The van der Waals surface area contributed by atoms with Gasteiger partial charge < -0.3 is 23.1 Å². The number of hydrogen-bond acceptors (Lipinski definition) is 6. The molecule has 0 aromatic heterocycles. The highest BCUT2D eigenvalue weighted by atomic mass is 28.2. The standard InChI is InChI=1S/C19H34F2O6Si2/c1-18(2,17(26-28-3)27-29-4)10-11-12(24-14-7-5-6-8-23-14)9-13-15(11)19(20,21)16(22)25-13/h11-15,17H,5-10,28-29H2,1-4H3/t11-,12+,13-,14?,15+/m0/s1. The lowest BCUT2D eigenvalue weighted by Crippen LogP contribution is -2.44. The average molecular weight is 453 g/mol. The summed E-state index contributed by atoms with van der Waals surface area (Å²) in [6, 6.07) is 0. The van der Waals surface area contributed by atoms with Crippen molar-refractivity contribution in [2.24, 2.45) is 17.3 Å². The number of halogens is 2. The number of carbonyl (C=O) groups excluding carboxylic acids is 1. The van der Waals surface area contributed by atoms with E-state index in [0.29, 0.717) is 13.0 Å². The van der Waals surface area contributed by atoms with Crippen LogP contribution in [0, 0.1) is 17.3 Å². The van der Waals surface area contributed by atoms with E-state index in [1.165, 1.54) is 0 Å². The minimum absolute atomic E-state index is 0.282. The Morgan fingerprint density at radius 3 is 2.52 bits per heavy atom. The average Bonchev–Trinajstić information content (AvgIpc) is 3.09. The van der Waals surface area contributed by atoms with Gasteiger partial charge in [-0.15, -0.1) is 0 Å². The molecule has 0 amide bonds. The van der Waals surface area contributed by atoms with Crippen molar-refractivity contribution < 1.29 is 36.6 Å². The molecule has 3 fully saturated rings. The van der Waals surface area contributed by atoms with Crippen LogP contribution in [0.15, 0.2) is 0 Å². The van der Waals surface area contributed by atoms with Gasteiger partial charge in [0.05, 0.1) is 12.0 Å². The third-order valence-corrected chi connectivity index (χ3v) is 7.53. The molecule has 0 spiro atoms. The van der Waals surface area contributed by atoms with Crippen LogP contribution in [0.25, 0.3) is 0 Å². The van der Waals surface area contributed by atoms with Crippen molar-refractivity contribution in [3.63, 3.8) is 0 Å². The highest BCUT2D eigenvalue weighted by Gasteiger charge is 2.67. The van der Waals surface area contributed by atoms with E-state index in [-0.39, 0.29) is 12.7 Å². The topological polar surface area (TPSA) is 63.2 Å². The number of rotatable bonds is 9. The van der Waals surface area contributed by atoms with Crippen LogP contribution in [0.5, 0.6) is 0 Å². The Morgan fingerprint density at radius 1 is 1.24 bits per heavy atom. The molecule has 6 nitrogen and oxygen atoms in total. The molecule has 0 aromatic carbocycles. The predicted octanol–water partition coefficient (Wildman–Crippen LogP) is 2.13. The number of fused-ring (bicyclic) bond motifs is 1. The smallest absolute Gasteiger partial charge is 0.377 e. The van der Waals surface area contributed by atoms with Gasteiger partial charge in [-0.1, -0.05) is 26.9 Å². The molecule has 3 aliphatic rings. The highest BCUT2D eigenvalue weighted by Crippen LogP contribution is 2.54. The molecule has 5 atom stereocenters. The van der Waals surface area contributed by atoms with Crippen LogP contribution in [-0.2, 0) is 27.9 Å². The largest absolute Gasteiger partial charge is 0.457 e. The second-order valence-electron chi connectivity index (χ2n) is 8.90. The van der Waals surface area contributed by atoms with Crippen molar-refractivity contribution in [1.29, 1.82) is 0 Å². The molecule has 2 saturated heterocycles. The van der Waals surface area contributed by atoms with Gasteiger partial charge in [0.2, 0.25) is 0 Å². The monoisotopic (exact) mass is 452 g/mol. The molecule has 1 unspecified atom stereocenters. The summed E-state index contributed by atoms with van der Waals surface area (Å²) in [5.74, 6) is -6.61. The summed E-state index contributed by atoms with van der Waals surface area (Å²) in [7, 11) is -1.45. The molecule has 29 heavy (non-hydrogen) atoms. The van der Waals surface area contributed by atoms with Crippen molar-refractivity contribution in [3.05, 3.63) is 0 Å². The van der Waals surface area contributed by atoms with Gasteiger partial charge >= 0.3 is 11.9 Å². The van der Waals surface area contributed by atoms with Gasteiger partial charge in [0.25, 0.3) is 0 Å². The Kier molecular flexibility index (Phi) is 7.54. The maximum atomic E-state index is 14.8. The minimum Gasteiger partial charge on any atom is -0.457 e. The van der Waals surface area contributed by atoms with Gasteiger partial charge in [0, 0.05) is 18.4 Å². The summed E-state index contributed by atoms with van der Waals surface area (Å²) < 4.78 is 58.3. The molecule has 3 rings (SSSR count). The summed E-state index contributed by atoms with van der Waals surface area (Å²) >= 11 is 0. The first kappa shape index (κ1) is 23.3. The van der Waals surface area contributed by atoms with Crippen LogP contribution in [0.3, 0.4) is 0 Å². The van der Waals surface area contributed by atoms with E-state index in [9.17, 15) is 13.6 Å². The van der Waals surface area contributed by atoms with Crippen molar-refractivity contribution >= 4 is 25.5 Å². The van der Waals surface area contributed by atoms with Crippen LogP contribution < -0.4 is 0 Å². The van der Waals surface area contributed by atoms with E-state index in [1.54, 1.807) is 0 Å². The fraction of sp³-hybridized carbons (Fsp3) is 0.947. The lowest BCUT2D eigenvalue weighted by Gasteiger charge is -2.39. The zero-order valence-corrected chi connectivity index (χ0v) is 20.7. The summed E-state index contributed by atoms with van der Waals surface area (Å²) in [6.45, 7) is 8.65. The highest BCUT2D eigenvalue weighted by molar-refractivity contribution is 6.26. The maximum absolute atomic E-state index is 14.8. The van der Waals surface area contributed by atoms with Crippen LogP contribution in [0.1, 0.15) is 46.0 Å². The zero-order valence-electron chi connectivity index (χ0n) is 17.8. The van der Waals surface area contributed by atoms with E-state index in [0.717, 1.165) is 19.3 Å². The SMILES string of the molecule is C[SiH2]OC(O[SiH2]C)C(C)(C)C[C@@H]1[C@@H]2[C@H](C[C@H]1OC1CCCCO1)OC(=O)C2(F)F. The van der Waals surface area contributed by atoms with Crippen molar-refractivity contribution in [3.8, 4) is 0 Å². The first-order chi connectivity index (χ1) is 13.7. The molecule has 0 aromatic rings. The molecular formula is C19H34F2O6Si2. The number of carbonyl (C=O) groups is 1. The Bertz CT molecular complexity index is 567. The van der Waals surface area contributed by atoms with Gasteiger partial charge in [0.15, 0.2) is 25.8 Å². The fourth-order valence-electron chi connectivity index (χ4n) is 4.97. The van der Waals surface area contributed by atoms with Crippen LogP contribution in [-0.4, -0.2) is 62.8 Å². The molecule has 0 N–H and O–H groups in total. The fourth-order valence-corrected chi connectivity index (χ4v) is 6.86. The quantitative estimate of drug-likeness (QED) is 0.303. The zero-order chi connectivity index (χ0) is 21.2. The number of hydrogen-bond donors (Lipinski definition) is 0. The Hall–Kier alpha value is -0.396. The lowest BCUT2D eigenvalue weighted by atomic mass is 9.75. The third kappa shape index (κ3) is 4.93. The van der Waals surface area contributed by atoms with E-state index in [4.69, 9.17) is 23.1 Å². The summed E-state index contributed by atoms with van der Waals surface area (Å²) in [6.07, 6.45) is 1.39. The first-order valence-electron chi connectivity index (χ1n) is 10.8. The normalized spacial score (nSPS) is 36.2. The van der Waals surface area contributed by atoms with E-state index in [1.807, 2.05) is 26.9 Å². The number of ether oxygens (including phenoxy) is 3. The second-order valence-corrected chi connectivity index (χ2v) is 10.7. The van der Waals surface area contributed by atoms with Gasteiger partial charge in [-0.05, 0) is 31.6 Å².